The second-order valence-electron chi connectivity index (χ2n) is 6.56. The van der Waals surface area contributed by atoms with E-state index in [-0.39, 0.29) is 0 Å². The zero-order valence-electron chi connectivity index (χ0n) is 13.1. The number of nitrogens with two attached hydrogens (primary N) is 1. The Bertz CT molecular complexity index is 440. The van der Waals surface area contributed by atoms with E-state index in [4.69, 9.17) is 10.5 Å². The molecule has 2 aliphatic rings. The van der Waals surface area contributed by atoms with Crippen LogP contribution in [0.15, 0.2) is 24.3 Å². The molecular weight excluding hydrogens is 260 g/mol. The van der Waals surface area contributed by atoms with E-state index in [0.717, 1.165) is 17.6 Å². The second-order valence-corrected chi connectivity index (χ2v) is 6.56. The molecule has 0 heterocycles. The summed E-state index contributed by atoms with van der Waals surface area (Å²) in [5.74, 6) is 2.81. The van der Waals surface area contributed by atoms with Crippen LogP contribution in [0.25, 0.3) is 0 Å². The molecule has 21 heavy (non-hydrogen) atoms. The van der Waals surface area contributed by atoms with Crippen LogP contribution >= 0.6 is 0 Å². The van der Waals surface area contributed by atoms with Crippen molar-refractivity contribution < 1.29 is 4.74 Å². The third-order valence-electron chi connectivity index (χ3n) is 4.62. The summed E-state index contributed by atoms with van der Waals surface area (Å²) < 4.78 is 5.83. The Morgan fingerprint density at radius 1 is 1.14 bits per heavy atom. The molecule has 1 aromatic carbocycles. The first-order valence-electron chi connectivity index (χ1n) is 8.47. The molecule has 0 saturated heterocycles. The monoisotopic (exact) mass is 288 g/mol. The number of hydrogen-bond donors (Lipinski definition) is 1. The van der Waals surface area contributed by atoms with Crippen molar-refractivity contribution in [3.05, 3.63) is 29.8 Å². The van der Waals surface area contributed by atoms with Crippen LogP contribution in [0, 0.1) is 11.8 Å². The van der Waals surface area contributed by atoms with E-state index >= 15 is 0 Å². The van der Waals surface area contributed by atoms with Gasteiger partial charge >= 0.3 is 0 Å². The predicted octanol–water partition coefficient (Wildman–Crippen LogP) is 3.21. The predicted molar refractivity (Wildman–Crippen MR) is 86.4 cm³/mol. The standard InChI is InChI=1S/C18H28N2O/c1-2-21-18-6-4-3-5-16(18)17(11-19)20(12-14-7-8-14)13-15-9-10-15/h3-6,14-15,17H,2,7-13,19H2,1H3. The van der Waals surface area contributed by atoms with Crippen molar-refractivity contribution in [2.24, 2.45) is 17.6 Å². The van der Waals surface area contributed by atoms with Gasteiger partial charge in [-0.15, -0.1) is 0 Å². The maximum Gasteiger partial charge on any atom is 0.124 e. The molecule has 0 spiro atoms. The lowest BCUT2D eigenvalue weighted by Crippen LogP contribution is -2.37. The van der Waals surface area contributed by atoms with E-state index in [1.807, 2.05) is 13.0 Å². The average molecular weight is 288 g/mol. The number of rotatable bonds is 9. The Hall–Kier alpha value is -1.06. The first kappa shape index (κ1) is 14.9. The molecule has 2 aliphatic carbocycles. The van der Waals surface area contributed by atoms with Crippen LogP contribution in [-0.2, 0) is 0 Å². The minimum Gasteiger partial charge on any atom is -0.494 e. The van der Waals surface area contributed by atoms with Gasteiger partial charge in [-0.25, -0.2) is 0 Å². The number of ether oxygens (including phenoxy) is 1. The molecule has 3 nitrogen and oxygen atoms in total. The van der Waals surface area contributed by atoms with E-state index in [9.17, 15) is 0 Å². The van der Waals surface area contributed by atoms with Crippen molar-refractivity contribution in [2.75, 3.05) is 26.2 Å². The van der Waals surface area contributed by atoms with Gasteiger partial charge in [-0.2, -0.15) is 0 Å². The van der Waals surface area contributed by atoms with E-state index in [1.165, 1.54) is 44.3 Å². The lowest BCUT2D eigenvalue weighted by atomic mass is 10.0. The highest BCUT2D eigenvalue weighted by Crippen LogP contribution is 2.38. The van der Waals surface area contributed by atoms with Crippen LogP contribution in [0.4, 0.5) is 0 Å². The second kappa shape index (κ2) is 6.80. The van der Waals surface area contributed by atoms with Crippen molar-refractivity contribution >= 4 is 0 Å². The summed E-state index contributed by atoms with van der Waals surface area (Å²) in [6.07, 6.45) is 5.58. The molecular formula is C18H28N2O. The van der Waals surface area contributed by atoms with Gasteiger partial charge in [0.25, 0.3) is 0 Å². The molecule has 0 bridgehead atoms. The lowest BCUT2D eigenvalue weighted by molar-refractivity contribution is 0.180. The summed E-state index contributed by atoms with van der Waals surface area (Å²) in [5.41, 5.74) is 7.43. The van der Waals surface area contributed by atoms with Crippen LogP contribution < -0.4 is 10.5 Å². The van der Waals surface area contributed by atoms with E-state index < -0.39 is 0 Å². The summed E-state index contributed by atoms with van der Waals surface area (Å²) in [6.45, 7) is 5.83. The Morgan fingerprint density at radius 2 is 1.76 bits per heavy atom. The summed E-state index contributed by atoms with van der Waals surface area (Å²) in [7, 11) is 0. The van der Waals surface area contributed by atoms with E-state index in [2.05, 4.69) is 23.1 Å². The largest absolute Gasteiger partial charge is 0.494 e. The van der Waals surface area contributed by atoms with Gasteiger partial charge in [0, 0.05) is 25.2 Å². The minimum absolute atomic E-state index is 0.300. The molecule has 2 N–H and O–H groups in total. The van der Waals surface area contributed by atoms with Crippen LogP contribution in [0.5, 0.6) is 5.75 Å². The van der Waals surface area contributed by atoms with Crippen LogP contribution in [0.2, 0.25) is 0 Å². The van der Waals surface area contributed by atoms with Crippen LogP contribution in [0.3, 0.4) is 0 Å². The SMILES string of the molecule is CCOc1ccccc1C(CN)N(CC1CC1)CC1CC1. The fraction of sp³-hybridized carbons (Fsp3) is 0.667. The lowest BCUT2D eigenvalue weighted by Gasteiger charge is -2.32. The fourth-order valence-electron chi connectivity index (χ4n) is 3.11. The van der Waals surface area contributed by atoms with Gasteiger partial charge in [-0.3, -0.25) is 4.90 Å². The van der Waals surface area contributed by atoms with Crippen molar-refractivity contribution in [3.63, 3.8) is 0 Å². The van der Waals surface area contributed by atoms with E-state index in [0.29, 0.717) is 19.2 Å². The number of hydrogen-bond acceptors (Lipinski definition) is 3. The maximum atomic E-state index is 6.17. The number of nitrogens with zero attached hydrogens (tertiary/aromatic N) is 1. The molecule has 1 aromatic rings. The molecule has 1 unspecified atom stereocenters. The van der Waals surface area contributed by atoms with Crippen molar-refractivity contribution in [2.45, 2.75) is 38.6 Å². The Labute approximate surface area is 128 Å². The molecule has 0 radical (unpaired) electrons. The van der Waals surface area contributed by atoms with Gasteiger partial charge in [0.05, 0.1) is 12.6 Å². The van der Waals surface area contributed by atoms with Crippen molar-refractivity contribution in [3.8, 4) is 5.75 Å². The number of para-hydroxylation sites is 1. The minimum atomic E-state index is 0.300. The summed E-state index contributed by atoms with van der Waals surface area (Å²) in [6, 6.07) is 8.72. The van der Waals surface area contributed by atoms with Crippen molar-refractivity contribution in [1.29, 1.82) is 0 Å². The van der Waals surface area contributed by atoms with Crippen LogP contribution in [0.1, 0.15) is 44.2 Å². The molecule has 0 aliphatic heterocycles. The first-order valence-corrected chi connectivity index (χ1v) is 8.47. The van der Waals surface area contributed by atoms with Gasteiger partial charge in [0.1, 0.15) is 5.75 Å². The molecule has 0 amide bonds. The molecule has 2 fully saturated rings. The average Bonchev–Trinajstić information content (AvgIpc) is 3.38. The van der Waals surface area contributed by atoms with Gasteiger partial charge < -0.3 is 10.5 Å². The third kappa shape index (κ3) is 3.98. The summed E-state index contributed by atoms with van der Waals surface area (Å²) >= 11 is 0. The van der Waals surface area contributed by atoms with Gasteiger partial charge in [-0.1, -0.05) is 18.2 Å². The maximum absolute atomic E-state index is 6.17. The Balaban J connectivity index is 1.79. The highest BCUT2D eigenvalue weighted by molar-refractivity contribution is 5.36. The molecule has 1 atom stereocenters. The van der Waals surface area contributed by atoms with Gasteiger partial charge in [0.2, 0.25) is 0 Å². The molecule has 3 heteroatoms. The van der Waals surface area contributed by atoms with E-state index in [1.54, 1.807) is 0 Å². The zero-order valence-corrected chi connectivity index (χ0v) is 13.1. The smallest absolute Gasteiger partial charge is 0.124 e. The Kier molecular flexibility index (Phi) is 4.81. The fourth-order valence-corrected chi connectivity index (χ4v) is 3.11. The highest BCUT2D eigenvalue weighted by atomic mass is 16.5. The molecule has 0 aromatic heterocycles. The zero-order chi connectivity index (χ0) is 14.7. The third-order valence-corrected chi connectivity index (χ3v) is 4.62. The number of benzene rings is 1. The molecule has 2 saturated carbocycles. The first-order chi connectivity index (χ1) is 10.3. The normalized spacial score (nSPS) is 19.8. The topological polar surface area (TPSA) is 38.5 Å². The van der Waals surface area contributed by atoms with Crippen molar-refractivity contribution in [1.82, 2.24) is 4.90 Å². The Morgan fingerprint density at radius 3 is 2.29 bits per heavy atom. The molecule has 116 valence electrons. The van der Waals surface area contributed by atoms with Crippen LogP contribution in [-0.4, -0.2) is 31.1 Å². The van der Waals surface area contributed by atoms with Gasteiger partial charge in [0.15, 0.2) is 0 Å². The van der Waals surface area contributed by atoms with Gasteiger partial charge in [-0.05, 0) is 50.5 Å². The summed E-state index contributed by atoms with van der Waals surface area (Å²) in [5, 5.41) is 0. The quantitative estimate of drug-likeness (QED) is 0.758. The highest BCUT2D eigenvalue weighted by Gasteiger charge is 2.33. The summed E-state index contributed by atoms with van der Waals surface area (Å²) in [4.78, 5) is 2.63. The molecule has 3 rings (SSSR count).